The molecule has 0 saturated heterocycles. The van der Waals surface area contributed by atoms with Crippen LogP contribution in [0.25, 0.3) is 0 Å². The second-order valence-corrected chi connectivity index (χ2v) is 3.97. The van der Waals surface area contributed by atoms with Gasteiger partial charge in [-0.2, -0.15) is 0 Å². The lowest BCUT2D eigenvalue weighted by Crippen LogP contribution is -2.14. The minimum absolute atomic E-state index is 0.588. The first-order valence-electron chi connectivity index (χ1n) is 5.89. The van der Waals surface area contributed by atoms with Gasteiger partial charge in [0, 0.05) is 0 Å². The Morgan fingerprint density at radius 3 is 2.68 bits per heavy atom. The average molecular weight is 263 g/mol. The summed E-state index contributed by atoms with van der Waals surface area (Å²) < 4.78 is 12.2. The fourth-order valence-electron chi connectivity index (χ4n) is 1.78. The van der Waals surface area contributed by atoms with Crippen LogP contribution in [0.15, 0.2) is 18.2 Å². The summed E-state index contributed by atoms with van der Waals surface area (Å²) in [6, 6.07) is 5.76. The summed E-state index contributed by atoms with van der Waals surface area (Å²) >= 11 is 0. The molecule has 19 heavy (non-hydrogen) atoms. The Balaban J connectivity index is 2.21. The molecule has 102 valence electrons. The van der Waals surface area contributed by atoms with Gasteiger partial charge in [-0.25, -0.2) is 4.68 Å². The molecule has 7 nitrogen and oxygen atoms in total. The maximum absolute atomic E-state index is 5.28. The van der Waals surface area contributed by atoms with Crippen LogP contribution in [-0.2, 0) is 13.1 Å². The minimum atomic E-state index is 0.588. The first-order chi connectivity index (χ1) is 9.28. The van der Waals surface area contributed by atoms with Crippen LogP contribution in [0.2, 0.25) is 0 Å². The standard InChI is InChI=1S/C12H17N5O2/c1-13-7-12-14-15-16-17(12)8-9-4-5-10(18-2)11(6-9)19-3/h4-6,13H,7-8H2,1-3H3. The molecule has 0 amide bonds. The minimum Gasteiger partial charge on any atom is -0.493 e. The number of tetrazole rings is 1. The van der Waals surface area contributed by atoms with Crippen molar-refractivity contribution in [1.82, 2.24) is 25.5 Å². The molecular weight excluding hydrogens is 246 g/mol. The van der Waals surface area contributed by atoms with E-state index in [0.29, 0.717) is 24.6 Å². The van der Waals surface area contributed by atoms with Crippen molar-refractivity contribution in [3.63, 3.8) is 0 Å². The normalized spacial score (nSPS) is 10.5. The van der Waals surface area contributed by atoms with Gasteiger partial charge in [0.05, 0.1) is 27.3 Å². The van der Waals surface area contributed by atoms with Gasteiger partial charge in [-0.05, 0) is 35.2 Å². The third kappa shape index (κ3) is 3.00. The number of hydrogen-bond acceptors (Lipinski definition) is 6. The lowest BCUT2D eigenvalue weighted by Gasteiger charge is -2.10. The summed E-state index contributed by atoms with van der Waals surface area (Å²) in [5.74, 6) is 2.19. The fourth-order valence-corrected chi connectivity index (χ4v) is 1.78. The van der Waals surface area contributed by atoms with Gasteiger partial charge in [-0.3, -0.25) is 0 Å². The molecule has 0 spiro atoms. The van der Waals surface area contributed by atoms with Gasteiger partial charge in [0.1, 0.15) is 0 Å². The summed E-state index contributed by atoms with van der Waals surface area (Å²) in [4.78, 5) is 0. The lowest BCUT2D eigenvalue weighted by atomic mass is 10.2. The summed E-state index contributed by atoms with van der Waals surface area (Å²) in [6.45, 7) is 1.21. The monoisotopic (exact) mass is 263 g/mol. The first kappa shape index (κ1) is 13.3. The van der Waals surface area contributed by atoms with E-state index >= 15 is 0 Å². The largest absolute Gasteiger partial charge is 0.493 e. The van der Waals surface area contributed by atoms with Crippen LogP contribution in [0.3, 0.4) is 0 Å². The second-order valence-electron chi connectivity index (χ2n) is 3.97. The third-order valence-electron chi connectivity index (χ3n) is 2.72. The van der Waals surface area contributed by atoms with E-state index in [-0.39, 0.29) is 0 Å². The number of nitrogens with zero attached hydrogens (tertiary/aromatic N) is 4. The highest BCUT2D eigenvalue weighted by molar-refractivity contribution is 5.42. The SMILES string of the molecule is CNCc1nnnn1Cc1ccc(OC)c(OC)c1. The van der Waals surface area contributed by atoms with Crippen LogP contribution in [0.1, 0.15) is 11.4 Å². The van der Waals surface area contributed by atoms with Crippen molar-refractivity contribution in [2.24, 2.45) is 0 Å². The smallest absolute Gasteiger partial charge is 0.165 e. The number of rotatable bonds is 6. The Bertz CT molecular complexity index is 541. The van der Waals surface area contributed by atoms with Gasteiger partial charge in [0.15, 0.2) is 17.3 Å². The zero-order valence-electron chi connectivity index (χ0n) is 11.3. The fraction of sp³-hybridized carbons (Fsp3) is 0.417. The molecule has 2 rings (SSSR count). The van der Waals surface area contributed by atoms with E-state index < -0.39 is 0 Å². The summed E-state index contributed by atoms with van der Waals surface area (Å²) in [7, 11) is 5.09. The molecule has 1 N–H and O–H groups in total. The quantitative estimate of drug-likeness (QED) is 0.816. The molecule has 0 fully saturated rings. The van der Waals surface area contributed by atoms with Gasteiger partial charge in [-0.15, -0.1) is 5.10 Å². The van der Waals surface area contributed by atoms with E-state index in [1.807, 2.05) is 25.2 Å². The molecule has 1 heterocycles. The summed E-state index contributed by atoms with van der Waals surface area (Å²) in [6.07, 6.45) is 0. The van der Waals surface area contributed by atoms with Gasteiger partial charge in [0.25, 0.3) is 0 Å². The number of aromatic nitrogens is 4. The van der Waals surface area contributed by atoms with E-state index in [2.05, 4.69) is 20.8 Å². The Morgan fingerprint density at radius 2 is 2.00 bits per heavy atom. The van der Waals surface area contributed by atoms with E-state index in [0.717, 1.165) is 11.4 Å². The van der Waals surface area contributed by atoms with Crippen molar-refractivity contribution < 1.29 is 9.47 Å². The Labute approximate surface area is 111 Å². The van der Waals surface area contributed by atoms with Crippen molar-refractivity contribution in [3.8, 4) is 11.5 Å². The van der Waals surface area contributed by atoms with E-state index in [1.165, 1.54) is 0 Å². The molecule has 0 bridgehead atoms. The van der Waals surface area contributed by atoms with Crippen molar-refractivity contribution in [2.45, 2.75) is 13.1 Å². The topological polar surface area (TPSA) is 74.1 Å². The van der Waals surface area contributed by atoms with Gasteiger partial charge < -0.3 is 14.8 Å². The van der Waals surface area contributed by atoms with Crippen LogP contribution >= 0.6 is 0 Å². The summed E-state index contributed by atoms with van der Waals surface area (Å²) in [5.41, 5.74) is 1.04. The molecule has 0 aliphatic carbocycles. The number of ether oxygens (including phenoxy) is 2. The average Bonchev–Trinajstić information content (AvgIpc) is 2.86. The molecule has 0 saturated carbocycles. The molecule has 0 radical (unpaired) electrons. The molecule has 0 aliphatic heterocycles. The molecule has 2 aromatic rings. The van der Waals surface area contributed by atoms with Gasteiger partial charge >= 0.3 is 0 Å². The molecule has 1 aromatic carbocycles. The highest BCUT2D eigenvalue weighted by atomic mass is 16.5. The Morgan fingerprint density at radius 1 is 1.21 bits per heavy atom. The van der Waals surface area contributed by atoms with Crippen molar-refractivity contribution in [3.05, 3.63) is 29.6 Å². The van der Waals surface area contributed by atoms with Crippen molar-refractivity contribution in [1.29, 1.82) is 0 Å². The zero-order valence-corrected chi connectivity index (χ0v) is 11.3. The van der Waals surface area contributed by atoms with Crippen molar-refractivity contribution in [2.75, 3.05) is 21.3 Å². The van der Waals surface area contributed by atoms with Crippen LogP contribution in [-0.4, -0.2) is 41.5 Å². The molecule has 0 atom stereocenters. The third-order valence-corrected chi connectivity index (χ3v) is 2.72. The molecule has 0 aliphatic rings. The first-order valence-corrected chi connectivity index (χ1v) is 5.89. The van der Waals surface area contributed by atoms with Crippen LogP contribution < -0.4 is 14.8 Å². The second kappa shape index (κ2) is 6.14. The zero-order chi connectivity index (χ0) is 13.7. The van der Waals surface area contributed by atoms with Gasteiger partial charge in [0.2, 0.25) is 0 Å². The van der Waals surface area contributed by atoms with E-state index in [9.17, 15) is 0 Å². The van der Waals surface area contributed by atoms with Crippen LogP contribution in [0, 0.1) is 0 Å². The highest BCUT2D eigenvalue weighted by Gasteiger charge is 2.08. The lowest BCUT2D eigenvalue weighted by molar-refractivity contribution is 0.354. The predicted molar refractivity (Wildman–Crippen MR) is 69.2 cm³/mol. The van der Waals surface area contributed by atoms with Gasteiger partial charge in [-0.1, -0.05) is 6.07 Å². The molecular formula is C12H17N5O2. The van der Waals surface area contributed by atoms with Crippen LogP contribution in [0.5, 0.6) is 11.5 Å². The molecule has 0 unspecified atom stereocenters. The highest BCUT2D eigenvalue weighted by Crippen LogP contribution is 2.27. The number of hydrogen-bond donors (Lipinski definition) is 1. The number of nitrogens with one attached hydrogen (secondary N) is 1. The molecule has 1 aromatic heterocycles. The molecule has 7 heteroatoms. The Kier molecular flexibility index (Phi) is 4.30. The van der Waals surface area contributed by atoms with Crippen molar-refractivity contribution >= 4 is 0 Å². The summed E-state index contributed by atoms with van der Waals surface area (Å²) in [5, 5.41) is 14.6. The predicted octanol–water partition coefficient (Wildman–Crippen LogP) is 0.458. The van der Waals surface area contributed by atoms with E-state index in [1.54, 1.807) is 18.9 Å². The van der Waals surface area contributed by atoms with Crippen LogP contribution in [0.4, 0.5) is 0 Å². The Hall–Kier alpha value is -2.15. The van der Waals surface area contributed by atoms with E-state index in [4.69, 9.17) is 9.47 Å². The maximum Gasteiger partial charge on any atom is 0.165 e. The number of benzene rings is 1. The maximum atomic E-state index is 5.28. The number of methoxy groups -OCH3 is 2.